The summed E-state index contributed by atoms with van der Waals surface area (Å²) in [6.45, 7) is 5.33. The van der Waals surface area contributed by atoms with Crippen LogP contribution in [0.5, 0.6) is 0 Å². The largest absolute Gasteiger partial charge is 0.449 e. The Labute approximate surface area is 167 Å². The minimum absolute atomic E-state index is 0.00903. The second-order valence-electron chi connectivity index (χ2n) is 6.56. The first-order valence-corrected chi connectivity index (χ1v) is 9.96. The van der Waals surface area contributed by atoms with Crippen LogP contribution in [-0.2, 0) is 14.3 Å². The molecular formula is C21H22N2O4S. The lowest BCUT2D eigenvalue weighted by molar-refractivity contribution is -0.128. The summed E-state index contributed by atoms with van der Waals surface area (Å²) in [4.78, 5) is 37.1. The summed E-state index contributed by atoms with van der Waals surface area (Å²) >= 11 is 1.28. The molecule has 1 atom stereocenters. The van der Waals surface area contributed by atoms with Crippen LogP contribution < -0.4 is 10.6 Å². The van der Waals surface area contributed by atoms with Crippen LogP contribution in [0.4, 0.5) is 5.00 Å². The first-order chi connectivity index (χ1) is 13.5. The average molecular weight is 398 g/mol. The summed E-state index contributed by atoms with van der Waals surface area (Å²) in [7, 11) is 0. The van der Waals surface area contributed by atoms with Gasteiger partial charge in [-0.1, -0.05) is 36.4 Å². The molecule has 6 nitrogen and oxygen atoms in total. The van der Waals surface area contributed by atoms with Gasteiger partial charge in [0.2, 0.25) is 5.91 Å². The van der Waals surface area contributed by atoms with E-state index in [0.717, 1.165) is 18.4 Å². The second-order valence-corrected chi connectivity index (χ2v) is 7.44. The molecule has 0 saturated heterocycles. The molecule has 2 aromatic rings. The molecule has 7 heteroatoms. The van der Waals surface area contributed by atoms with Crippen LogP contribution in [0.15, 0.2) is 48.4 Å². The van der Waals surface area contributed by atoms with E-state index in [1.54, 1.807) is 6.08 Å². The van der Waals surface area contributed by atoms with Gasteiger partial charge in [-0.15, -0.1) is 17.9 Å². The summed E-state index contributed by atoms with van der Waals surface area (Å²) in [5.74, 6) is -1.14. The van der Waals surface area contributed by atoms with Crippen LogP contribution in [0, 0.1) is 5.92 Å². The number of hydrogen-bond donors (Lipinski definition) is 2. The molecule has 0 radical (unpaired) electrons. The Balaban J connectivity index is 1.86. The number of carbonyl (C=O) groups is 3. The van der Waals surface area contributed by atoms with Crippen LogP contribution in [-0.4, -0.2) is 30.4 Å². The molecule has 3 rings (SSSR count). The highest BCUT2D eigenvalue weighted by Crippen LogP contribution is 2.38. The van der Waals surface area contributed by atoms with E-state index in [1.165, 1.54) is 18.3 Å². The smallest absolute Gasteiger partial charge is 0.342 e. The van der Waals surface area contributed by atoms with Gasteiger partial charge in [-0.25, -0.2) is 4.79 Å². The maximum Gasteiger partial charge on any atom is 0.342 e. The van der Waals surface area contributed by atoms with Gasteiger partial charge in [-0.05, 0) is 25.3 Å². The highest BCUT2D eigenvalue weighted by molar-refractivity contribution is 7.15. The van der Waals surface area contributed by atoms with Crippen molar-refractivity contribution in [3.8, 4) is 11.1 Å². The summed E-state index contributed by atoms with van der Waals surface area (Å²) in [6.07, 6.45) is 2.30. The first kappa shape index (κ1) is 19.8. The molecule has 0 spiro atoms. The highest BCUT2D eigenvalue weighted by Gasteiger charge is 2.32. The number of carbonyl (C=O) groups excluding carboxylic acids is 3. The van der Waals surface area contributed by atoms with Crippen molar-refractivity contribution in [1.82, 2.24) is 5.32 Å². The molecule has 28 heavy (non-hydrogen) atoms. The Morgan fingerprint density at radius 3 is 2.64 bits per heavy atom. The normalized spacial score (nSPS) is 14.0. The fourth-order valence-corrected chi connectivity index (χ4v) is 3.59. The molecule has 0 unspecified atom stereocenters. The number of nitrogens with one attached hydrogen (secondary N) is 2. The molecule has 2 N–H and O–H groups in total. The first-order valence-electron chi connectivity index (χ1n) is 9.08. The molecule has 1 fully saturated rings. The van der Waals surface area contributed by atoms with Crippen molar-refractivity contribution in [3.05, 3.63) is 53.9 Å². The number of thiophene rings is 1. The van der Waals surface area contributed by atoms with E-state index >= 15 is 0 Å². The predicted molar refractivity (Wildman–Crippen MR) is 109 cm³/mol. The Hall–Kier alpha value is -2.93. The number of benzene rings is 1. The van der Waals surface area contributed by atoms with E-state index in [-0.39, 0.29) is 23.9 Å². The third-order valence-electron chi connectivity index (χ3n) is 4.34. The van der Waals surface area contributed by atoms with E-state index in [4.69, 9.17) is 4.74 Å². The maximum atomic E-state index is 12.9. The molecule has 1 aliphatic carbocycles. The monoisotopic (exact) mass is 398 g/mol. The zero-order valence-electron chi connectivity index (χ0n) is 15.6. The summed E-state index contributed by atoms with van der Waals surface area (Å²) in [5, 5.41) is 7.70. The number of hydrogen-bond acceptors (Lipinski definition) is 5. The van der Waals surface area contributed by atoms with Crippen LogP contribution in [0.1, 0.15) is 30.1 Å². The fraction of sp³-hybridized carbons (Fsp3) is 0.286. The number of ether oxygens (including phenoxy) is 1. The van der Waals surface area contributed by atoms with Crippen molar-refractivity contribution in [2.75, 3.05) is 11.9 Å². The Bertz CT molecular complexity index is 887. The van der Waals surface area contributed by atoms with E-state index in [0.29, 0.717) is 10.6 Å². The third-order valence-corrected chi connectivity index (χ3v) is 5.23. The molecule has 1 saturated carbocycles. The SMILES string of the molecule is C=CCNC(=O)[C@@H](C)OC(=O)c1c(-c2ccccc2)csc1NC(=O)C1CC1. The Kier molecular flexibility index (Phi) is 6.26. The second kappa shape index (κ2) is 8.84. The topological polar surface area (TPSA) is 84.5 Å². The highest BCUT2D eigenvalue weighted by atomic mass is 32.1. The quantitative estimate of drug-likeness (QED) is 0.525. The number of anilines is 1. The minimum atomic E-state index is -0.969. The van der Waals surface area contributed by atoms with Crippen LogP contribution in [0.2, 0.25) is 0 Å². The molecule has 146 valence electrons. The van der Waals surface area contributed by atoms with Gasteiger partial charge in [0.25, 0.3) is 5.91 Å². The zero-order chi connectivity index (χ0) is 20.1. The Morgan fingerprint density at radius 1 is 1.29 bits per heavy atom. The molecular weight excluding hydrogens is 376 g/mol. The van der Waals surface area contributed by atoms with Crippen molar-refractivity contribution in [2.45, 2.75) is 25.9 Å². The van der Waals surface area contributed by atoms with E-state index < -0.39 is 18.0 Å². The molecule has 1 aliphatic rings. The maximum absolute atomic E-state index is 12.9. The fourth-order valence-electron chi connectivity index (χ4n) is 2.63. The van der Waals surface area contributed by atoms with Crippen molar-refractivity contribution >= 4 is 34.1 Å². The van der Waals surface area contributed by atoms with Crippen LogP contribution in [0.25, 0.3) is 11.1 Å². The van der Waals surface area contributed by atoms with Gasteiger partial charge in [0.15, 0.2) is 6.10 Å². The molecule has 0 bridgehead atoms. The van der Waals surface area contributed by atoms with Gasteiger partial charge in [0, 0.05) is 23.4 Å². The van der Waals surface area contributed by atoms with Gasteiger partial charge in [-0.2, -0.15) is 0 Å². The summed E-state index contributed by atoms with van der Waals surface area (Å²) in [6, 6.07) is 9.39. The van der Waals surface area contributed by atoms with Gasteiger partial charge in [-0.3, -0.25) is 9.59 Å². The zero-order valence-corrected chi connectivity index (χ0v) is 16.4. The summed E-state index contributed by atoms with van der Waals surface area (Å²) < 4.78 is 5.38. The molecule has 1 aromatic heterocycles. The number of amides is 2. The van der Waals surface area contributed by atoms with Gasteiger partial charge in [0.1, 0.15) is 10.6 Å². The molecule has 0 aliphatic heterocycles. The average Bonchev–Trinajstić information content (AvgIpc) is 3.47. The molecule has 1 heterocycles. The number of rotatable bonds is 8. The predicted octanol–water partition coefficient (Wildman–Crippen LogP) is 3.61. The van der Waals surface area contributed by atoms with Crippen molar-refractivity contribution < 1.29 is 19.1 Å². The van der Waals surface area contributed by atoms with E-state index in [1.807, 2.05) is 35.7 Å². The lowest BCUT2D eigenvalue weighted by Crippen LogP contribution is -2.36. The van der Waals surface area contributed by atoms with Gasteiger partial charge >= 0.3 is 5.97 Å². The van der Waals surface area contributed by atoms with Crippen molar-refractivity contribution in [2.24, 2.45) is 5.92 Å². The van der Waals surface area contributed by atoms with Crippen molar-refractivity contribution in [1.29, 1.82) is 0 Å². The van der Waals surface area contributed by atoms with E-state index in [2.05, 4.69) is 17.2 Å². The standard InChI is InChI=1S/C21H22N2O4S/c1-3-11-22-18(24)13(2)27-21(26)17-16(14-7-5-4-6-8-14)12-28-20(17)23-19(25)15-9-10-15/h3-8,12-13,15H,1,9-11H2,2H3,(H,22,24)(H,23,25)/t13-/m1/s1. The lowest BCUT2D eigenvalue weighted by Gasteiger charge is -2.14. The lowest BCUT2D eigenvalue weighted by atomic mass is 10.0. The molecule has 2 amide bonds. The van der Waals surface area contributed by atoms with Gasteiger partial charge in [0.05, 0.1) is 0 Å². The van der Waals surface area contributed by atoms with E-state index in [9.17, 15) is 14.4 Å². The third kappa shape index (κ3) is 4.67. The molecule has 1 aromatic carbocycles. The van der Waals surface area contributed by atoms with Crippen molar-refractivity contribution in [3.63, 3.8) is 0 Å². The van der Waals surface area contributed by atoms with Crippen LogP contribution in [0.3, 0.4) is 0 Å². The summed E-state index contributed by atoms with van der Waals surface area (Å²) in [5.41, 5.74) is 1.77. The van der Waals surface area contributed by atoms with Gasteiger partial charge < -0.3 is 15.4 Å². The number of esters is 1. The minimum Gasteiger partial charge on any atom is -0.449 e. The van der Waals surface area contributed by atoms with Crippen LogP contribution >= 0.6 is 11.3 Å². The Morgan fingerprint density at radius 2 is 2.00 bits per heavy atom.